The third kappa shape index (κ3) is 4.54. The molecule has 2 N–H and O–H groups in total. The first kappa shape index (κ1) is 16.0. The summed E-state index contributed by atoms with van der Waals surface area (Å²) in [4.78, 5) is 0. The van der Waals surface area contributed by atoms with Crippen LogP contribution in [-0.4, -0.2) is 26.5 Å². The maximum absolute atomic E-state index is 11.5. The summed E-state index contributed by atoms with van der Waals surface area (Å²) in [6.45, 7) is 7.05. The van der Waals surface area contributed by atoms with Crippen LogP contribution < -0.4 is 5.73 Å². The molecule has 0 bridgehead atoms. The lowest BCUT2D eigenvalue weighted by Crippen LogP contribution is -2.37. The van der Waals surface area contributed by atoms with Crippen molar-refractivity contribution in [3.05, 3.63) is 0 Å². The Morgan fingerprint density at radius 1 is 1.11 bits per heavy atom. The molecule has 0 radical (unpaired) electrons. The number of nitrogens with two attached hydrogens (primary N) is 1. The minimum Gasteiger partial charge on any atom is -0.330 e. The maximum atomic E-state index is 11.5. The number of hydrogen-bond acceptors (Lipinski definition) is 3. The summed E-state index contributed by atoms with van der Waals surface area (Å²) in [5, 5.41) is 0. The largest absolute Gasteiger partial charge is 0.330 e. The van der Waals surface area contributed by atoms with Gasteiger partial charge >= 0.3 is 0 Å². The van der Waals surface area contributed by atoms with E-state index in [0.717, 1.165) is 25.7 Å². The van der Waals surface area contributed by atoms with E-state index in [9.17, 15) is 8.42 Å². The Morgan fingerprint density at radius 2 is 1.67 bits per heavy atom. The lowest BCUT2D eigenvalue weighted by Gasteiger charge is -2.43. The van der Waals surface area contributed by atoms with Gasteiger partial charge in [-0.1, -0.05) is 20.8 Å². The van der Waals surface area contributed by atoms with Gasteiger partial charge in [-0.2, -0.15) is 0 Å². The van der Waals surface area contributed by atoms with Crippen molar-refractivity contribution in [1.29, 1.82) is 0 Å². The monoisotopic (exact) mass is 275 g/mol. The van der Waals surface area contributed by atoms with Crippen LogP contribution in [0, 0.1) is 10.8 Å². The molecule has 1 aliphatic carbocycles. The summed E-state index contributed by atoms with van der Waals surface area (Å²) in [5.74, 6) is 0.588. The van der Waals surface area contributed by atoms with E-state index in [-0.39, 0.29) is 11.2 Å². The van der Waals surface area contributed by atoms with Crippen molar-refractivity contribution in [3.8, 4) is 0 Å². The van der Waals surface area contributed by atoms with Crippen molar-refractivity contribution < 1.29 is 8.42 Å². The summed E-state index contributed by atoms with van der Waals surface area (Å²) in [6.07, 6.45) is 6.48. The van der Waals surface area contributed by atoms with Crippen LogP contribution in [0.4, 0.5) is 0 Å². The molecule has 4 heteroatoms. The predicted octanol–water partition coefficient (Wildman–Crippen LogP) is 2.75. The fourth-order valence-corrected chi connectivity index (χ4v) is 3.70. The molecule has 0 heterocycles. The Balaban J connectivity index is 2.48. The molecule has 0 aliphatic heterocycles. The Kier molecular flexibility index (Phi) is 5.24. The van der Waals surface area contributed by atoms with Gasteiger partial charge in [-0.25, -0.2) is 8.42 Å². The first-order valence-corrected chi connectivity index (χ1v) is 8.97. The van der Waals surface area contributed by atoms with Gasteiger partial charge in [0.2, 0.25) is 0 Å². The van der Waals surface area contributed by atoms with Gasteiger partial charge in [0, 0.05) is 5.75 Å². The summed E-state index contributed by atoms with van der Waals surface area (Å²) in [6, 6.07) is 0. The quantitative estimate of drug-likeness (QED) is 0.811. The smallest absolute Gasteiger partial charge is 0.150 e. The van der Waals surface area contributed by atoms with Crippen molar-refractivity contribution in [3.63, 3.8) is 0 Å². The first-order chi connectivity index (χ1) is 8.24. The zero-order chi connectivity index (χ0) is 13.9. The highest BCUT2D eigenvalue weighted by molar-refractivity contribution is 7.91. The van der Waals surface area contributed by atoms with Gasteiger partial charge < -0.3 is 5.73 Å². The van der Waals surface area contributed by atoms with Gasteiger partial charge in [-0.15, -0.1) is 0 Å². The van der Waals surface area contributed by atoms with Crippen molar-refractivity contribution in [2.45, 2.75) is 59.3 Å². The molecule has 0 spiro atoms. The van der Waals surface area contributed by atoms with Crippen molar-refractivity contribution in [1.82, 2.24) is 0 Å². The maximum Gasteiger partial charge on any atom is 0.150 e. The van der Waals surface area contributed by atoms with E-state index >= 15 is 0 Å². The molecule has 0 aromatic heterocycles. The molecule has 0 unspecified atom stereocenters. The van der Waals surface area contributed by atoms with Crippen molar-refractivity contribution in [2.24, 2.45) is 16.6 Å². The van der Waals surface area contributed by atoms with E-state index in [1.54, 1.807) is 6.92 Å². The molecule has 1 aliphatic rings. The second-order valence-corrected chi connectivity index (χ2v) is 9.18. The van der Waals surface area contributed by atoms with Crippen LogP contribution in [0.2, 0.25) is 0 Å². The molecule has 1 saturated carbocycles. The first-order valence-electron chi connectivity index (χ1n) is 7.15. The van der Waals surface area contributed by atoms with E-state index in [0.29, 0.717) is 17.7 Å². The van der Waals surface area contributed by atoms with Crippen LogP contribution in [0.25, 0.3) is 0 Å². The SMILES string of the molecule is CCS(=O)(=O)CCCC1(CN)CCC(C)(C)CC1. The van der Waals surface area contributed by atoms with Crippen molar-refractivity contribution in [2.75, 3.05) is 18.1 Å². The van der Waals surface area contributed by atoms with Crippen molar-refractivity contribution >= 4 is 9.84 Å². The van der Waals surface area contributed by atoms with E-state index in [1.165, 1.54) is 12.8 Å². The normalized spacial score (nSPS) is 22.9. The van der Waals surface area contributed by atoms with Crippen LogP contribution in [0.15, 0.2) is 0 Å². The highest BCUT2D eigenvalue weighted by Gasteiger charge is 2.36. The molecule has 1 rings (SSSR count). The molecule has 0 aromatic rings. The summed E-state index contributed by atoms with van der Waals surface area (Å²) < 4.78 is 23.0. The van der Waals surface area contributed by atoms with Crippen LogP contribution in [0.5, 0.6) is 0 Å². The molecular weight excluding hydrogens is 246 g/mol. The average Bonchev–Trinajstić information content (AvgIpc) is 2.32. The topological polar surface area (TPSA) is 60.2 Å². The molecule has 0 amide bonds. The molecule has 0 saturated heterocycles. The highest BCUT2D eigenvalue weighted by atomic mass is 32.2. The van der Waals surface area contributed by atoms with Gasteiger partial charge in [0.25, 0.3) is 0 Å². The lowest BCUT2D eigenvalue weighted by molar-refractivity contribution is 0.0988. The molecule has 108 valence electrons. The third-order valence-corrected chi connectivity index (χ3v) is 6.49. The van der Waals surface area contributed by atoms with Crippen LogP contribution in [0.1, 0.15) is 59.3 Å². The summed E-state index contributed by atoms with van der Waals surface area (Å²) >= 11 is 0. The van der Waals surface area contributed by atoms with Gasteiger partial charge in [0.15, 0.2) is 0 Å². The molecular formula is C14H29NO2S. The Bertz CT molecular complexity index is 350. The summed E-state index contributed by atoms with van der Waals surface area (Å²) in [7, 11) is -2.82. The second-order valence-electron chi connectivity index (χ2n) is 6.71. The van der Waals surface area contributed by atoms with Gasteiger partial charge in [0.1, 0.15) is 9.84 Å². The van der Waals surface area contributed by atoms with E-state index < -0.39 is 9.84 Å². The van der Waals surface area contributed by atoms with Gasteiger partial charge in [-0.05, 0) is 55.9 Å². The van der Waals surface area contributed by atoms with Crippen LogP contribution in [0.3, 0.4) is 0 Å². The molecule has 3 nitrogen and oxygen atoms in total. The van der Waals surface area contributed by atoms with Gasteiger partial charge in [0.05, 0.1) is 5.75 Å². The zero-order valence-corrected chi connectivity index (χ0v) is 13.0. The minimum absolute atomic E-state index is 0.207. The molecule has 18 heavy (non-hydrogen) atoms. The van der Waals surface area contributed by atoms with Gasteiger partial charge in [-0.3, -0.25) is 0 Å². The van der Waals surface area contributed by atoms with Crippen LogP contribution in [-0.2, 0) is 9.84 Å². The predicted molar refractivity (Wildman–Crippen MR) is 77.3 cm³/mol. The third-order valence-electron chi connectivity index (χ3n) is 4.70. The lowest BCUT2D eigenvalue weighted by atomic mass is 9.63. The Hall–Kier alpha value is -0.0900. The highest BCUT2D eigenvalue weighted by Crippen LogP contribution is 2.46. The second kappa shape index (κ2) is 5.91. The molecule has 0 atom stereocenters. The molecule has 1 fully saturated rings. The Morgan fingerprint density at radius 3 is 2.11 bits per heavy atom. The zero-order valence-electron chi connectivity index (χ0n) is 12.2. The number of hydrogen-bond donors (Lipinski definition) is 1. The summed E-state index contributed by atoms with van der Waals surface area (Å²) in [5.41, 5.74) is 6.61. The molecule has 0 aromatic carbocycles. The number of rotatable bonds is 6. The average molecular weight is 275 g/mol. The fourth-order valence-electron chi connectivity index (χ4n) is 2.82. The van der Waals surface area contributed by atoms with E-state index in [4.69, 9.17) is 5.73 Å². The standard InChI is InChI=1S/C14H29NO2S/c1-4-18(16,17)11-5-6-14(12-15)9-7-13(2,3)8-10-14/h4-12,15H2,1-3H3. The van der Waals surface area contributed by atoms with E-state index in [2.05, 4.69) is 13.8 Å². The Labute approximate surface area is 112 Å². The van der Waals surface area contributed by atoms with Crippen LogP contribution >= 0.6 is 0 Å². The number of sulfone groups is 1. The fraction of sp³-hybridized carbons (Fsp3) is 1.00. The minimum atomic E-state index is -2.82. The van der Waals surface area contributed by atoms with E-state index in [1.807, 2.05) is 0 Å².